The van der Waals surface area contributed by atoms with Gasteiger partial charge in [-0.1, -0.05) is 17.7 Å². The van der Waals surface area contributed by atoms with E-state index in [1.807, 2.05) is 0 Å². The van der Waals surface area contributed by atoms with Gasteiger partial charge in [-0.25, -0.2) is 4.39 Å². The molecule has 0 fully saturated rings. The van der Waals surface area contributed by atoms with Crippen LogP contribution in [-0.2, 0) is 13.2 Å². The summed E-state index contributed by atoms with van der Waals surface area (Å²) in [5, 5.41) is 9.34. The van der Waals surface area contributed by atoms with Crippen LogP contribution in [0.3, 0.4) is 0 Å². The number of rotatable bonds is 4. The molecule has 1 N–H and O–H groups in total. The number of aromatic nitrogens is 1. The molecule has 5 heteroatoms. The number of hydrogen-bond acceptors (Lipinski definition) is 3. The molecule has 0 aliphatic carbocycles. The van der Waals surface area contributed by atoms with Gasteiger partial charge in [-0.05, 0) is 23.8 Å². The second-order valence-corrected chi connectivity index (χ2v) is 4.09. The molecule has 0 saturated carbocycles. The molecular formula is C13H11ClFNO2. The average Bonchev–Trinajstić information content (AvgIpc) is 2.39. The van der Waals surface area contributed by atoms with Crippen LogP contribution in [0.2, 0.25) is 5.02 Å². The first-order valence-electron chi connectivity index (χ1n) is 5.31. The third-order valence-corrected chi connectivity index (χ3v) is 2.76. The first-order chi connectivity index (χ1) is 8.70. The highest BCUT2D eigenvalue weighted by Crippen LogP contribution is 2.21. The zero-order valence-corrected chi connectivity index (χ0v) is 10.2. The molecule has 1 aromatic carbocycles. The van der Waals surface area contributed by atoms with Crippen molar-refractivity contribution < 1.29 is 14.2 Å². The van der Waals surface area contributed by atoms with Crippen molar-refractivity contribution in [2.24, 2.45) is 0 Å². The second kappa shape index (κ2) is 5.80. The van der Waals surface area contributed by atoms with Crippen LogP contribution in [0.25, 0.3) is 0 Å². The number of benzene rings is 1. The van der Waals surface area contributed by atoms with E-state index in [0.29, 0.717) is 10.6 Å². The van der Waals surface area contributed by atoms with Crippen molar-refractivity contribution in [2.75, 3.05) is 0 Å². The molecule has 2 aromatic rings. The lowest BCUT2D eigenvalue weighted by Gasteiger charge is -2.09. The van der Waals surface area contributed by atoms with Crippen molar-refractivity contribution in [1.29, 1.82) is 0 Å². The van der Waals surface area contributed by atoms with Crippen LogP contribution in [0.1, 0.15) is 11.1 Å². The van der Waals surface area contributed by atoms with Crippen LogP contribution in [0.4, 0.5) is 4.39 Å². The van der Waals surface area contributed by atoms with Gasteiger partial charge in [0.25, 0.3) is 0 Å². The third kappa shape index (κ3) is 2.97. The van der Waals surface area contributed by atoms with Gasteiger partial charge in [-0.3, -0.25) is 4.98 Å². The Morgan fingerprint density at radius 3 is 2.83 bits per heavy atom. The van der Waals surface area contributed by atoms with Crippen LogP contribution < -0.4 is 4.74 Å². The highest BCUT2D eigenvalue weighted by Gasteiger charge is 2.06. The second-order valence-electron chi connectivity index (χ2n) is 3.68. The number of nitrogens with zero attached hydrogens (tertiary/aromatic N) is 1. The number of aliphatic hydroxyl groups excluding tert-OH is 1. The summed E-state index contributed by atoms with van der Waals surface area (Å²) in [6.45, 7) is -0.0376. The van der Waals surface area contributed by atoms with E-state index in [2.05, 4.69) is 4.98 Å². The maximum Gasteiger partial charge on any atom is 0.165 e. The highest BCUT2D eigenvalue weighted by atomic mass is 35.5. The van der Waals surface area contributed by atoms with Crippen LogP contribution in [-0.4, -0.2) is 10.1 Å². The summed E-state index contributed by atoms with van der Waals surface area (Å²) in [6, 6.07) is 6.04. The molecule has 0 unspecified atom stereocenters. The quantitative estimate of drug-likeness (QED) is 0.926. The summed E-state index contributed by atoms with van der Waals surface area (Å²) in [7, 11) is 0. The van der Waals surface area contributed by atoms with Crippen LogP contribution in [0, 0.1) is 5.82 Å². The van der Waals surface area contributed by atoms with Gasteiger partial charge in [-0.2, -0.15) is 0 Å². The number of halogens is 2. The molecule has 0 spiro atoms. The van der Waals surface area contributed by atoms with Crippen LogP contribution >= 0.6 is 11.6 Å². The van der Waals surface area contributed by atoms with Gasteiger partial charge in [0, 0.05) is 18.0 Å². The lowest BCUT2D eigenvalue weighted by atomic mass is 10.2. The Morgan fingerprint density at radius 2 is 2.17 bits per heavy atom. The van der Waals surface area contributed by atoms with Crippen molar-refractivity contribution >= 4 is 11.6 Å². The number of ether oxygens (including phenoxy) is 1. The summed E-state index contributed by atoms with van der Waals surface area (Å²) < 4.78 is 18.9. The fourth-order valence-corrected chi connectivity index (χ4v) is 1.61. The van der Waals surface area contributed by atoms with E-state index in [4.69, 9.17) is 21.4 Å². The Bertz CT molecular complexity index is 548. The molecule has 0 aliphatic heterocycles. The summed E-state index contributed by atoms with van der Waals surface area (Å²) in [5.74, 6) is -0.383. The zero-order chi connectivity index (χ0) is 13.0. The van der Waals surface area contributed by atoms with Crippen molar-refractivity contribution in [3.05, 3.63) is 58.6 Å². The Morgan fingerprint density at radius 1 is 1.33 bits per heavy atom. The lowest BCUT2D eigenvalue weighted by Crippen LogP contribution is -1.99. The fraction of sp³-hybridized carbons (Fsp3) is 0.154. The Balaban J connectivity index is 2.09. The molecule has 1 heterocycles. The van der Waals surface area contributed by atoms with Crippen LogP contribution in [0.5, 0.6) is 5.75 Å². The topological polar surface area (TPSA) is 42.4 Å². The van der Waals surface area contributed by atoms with Crippen molar-refractivity contribution in [1.82, 2.24) is 4.98 Å². The van der Waals surface area contributed by atoms with E-state index in [-0.39, 0.29) is 19.0 Å². The van der Waals surface area contributed by atoms with E-state index in [0.717, 1.165) is 5.56 Å². The van der Waals surface area contributed by atoms with Crippen molar-refractivity contribution in [3.8, 4) is 5.75 Å². The molecule has 0 saturated heterocycles. The van der Waals surface area contributed by atoms with Gasteiger partial charge in [0.1, 0.15) is 6.61 Å². The van der Waals surface area contributed by atoms with E-state index < -0.39 is 5.82 Å². The molecule has 0 radical (unpaired) electrons. The molecule has 0 atom stereocenters. The Hall–Kier alpha value is -1.65. The maximum absolute atomic E-state index is 13.6. The predicted molar refractivity (Wildman–Crippen MR) is 65.9 cm³/mol. The van der Waals surface area contributed by atoms with Gasteiger partial charge in [0.2, 0.25) is 0 Å². The highest BCUT2D eigenvalue weighted by molar-refractivity contribution is 6.31. The van der Waals surface area contributed by atoms with E-state index in [1.165, 1.54) is 18.3 Å². The number of pyridine rings is 1. The first-order valence-corrected chi connectivity index (χ1v) is 5.69. The molecule has 0 aliphatic rings. The maximum atomic E-state index is 13.6. The lowest BCUT2D eigenvalue weighted by molar-refractivity contribution is 0.276. The normalized spacial score (nSPS) is 10.4. The van der Waals surface area contributed by atoms with Crippen LogP contribution in [0.15, 0.2) is 36.7 Å². The Labute approximate surface area is 109 Å². The molecule has 18 heavy (non-hydrogen) atoms. The molecular weight excluding hydrogens is 257 g/mol. The summed E-state index contributed by atoms with van der Waals surface area (Å²) in [6.07, 6.45) is 3.10. The monoisotopic (exact) mass is 267 g/mol. The molecule has 0 bridgehead atoms. The van der Waals surface area contributed by atoms with Gasteiger partial charge < -0.3 is 9.84 Å². The average molecular weight is 268 g/mol. The third-order valence-electron chi connectivity index (χ3n) is 2.42. The molecule has 94 valence electrons. The molecule has 3 nitrogen and oxygen atoms in total. The van der Waals surface area contributed by atoms with Gasteiger partial charge >= 0.3 is 0 Å². The van der Waals surface area contributed by atoms with Crippen molar-refractivity contribution in [2.45, 2.75) is 13.2 Å². The van der Waals surface area contributed by atoms with Gasteiger partial charge in [0.15, 0.2) is 11.6 Å². The minimum absolute atomic E-state index is 0.125. The van der Waals surface area contributed by atoms with E-state index in [1.54, 1.807) is 18.3 Å². The SMILES string of the molecule is OCc1ccc(OCc2ccncc2Cl)c(F)c1. The predicted octanol–water partition coefficient (Wildman–Crippen LogP) is 2.95. The zero-order valence-electron chi connectivity index (χ0n) is 9.44. The summed E-state index contributed by atoms with van der Waals surface area (Å²) >= 11 is 5.91. The number of hydrogen-bond donors (Lipinski definition) is 1. The Kier molecular flexibility index (Phi) is 4.12. The van der Waals surface area contributed by atoms with E-state index >= 15 is 0 Å². The molecule has 1 aromatic heterocycles. The largest absolute Gasteiger partial charge is 0.486 e. The van der Waals surface area contributed by atoms with Crippen molar-refractivity contribution in [3.63, 3.8) is 0 Å². The summed E-state index contributed by atoms with van der Waals surface area (Å²) in [5.41, 5.74) is 1.24. The minimum Gasteiger partial charge on any atom is -0.486 e. The van der Waals surface area contributed by atoms with Gasteiger partial charge in [-0.15, -0.1) is 0 Å². The molecule has 0 amide bonds. The fourth-order valence-electron chi connectivity index (χ4n) is 1.44. The number of aliphatic hydroxyl groups is 1. The van der Waals surface area contributed by atoms with Gasteiger partial charge in [0.05, 0.1) is 11.6 Å². The standard InChI is InChI=1S/C13H11ClFNO2/c14-11-6-16-4-3-10(11)8-18-13-2-1-9(7-17)5-12(13)15/h1-6,17H,7-8H2. The minimum atomic E-state index is -0.508. The molecule has 2 rings (SSSR count). The van der Waals surface area contributed by atoms with E-state index in [9.17, 15) is 4.39 Å². The summed E-state index contributed by atoms with van der Waals surface area (Å²) in [4.78, 5) is 3.85. The first kappa shape index (κ1) is 12.8. The smallest absolute Gasteiger partial charge is 0.165 e.